The molecule has 5 heteroatoms. The van der Waals surface area contributed by atoms with Crippen LogP contribution in [0, 0.1) is 5.92 Å². The van der Waals surface area contributed by atoms with Gasteiger partial charge in [0.05, 0.1) is 5.52 Å². The SMILES string of the molecule is CN=C(NCCCN1CCC(C)CC1)NCc1cccc2cccnc12. The lowest BCUT2D eigenvalue weighted by molar-refractivity contribution is 0.191. The number of aliphatic imine (C=N–C) groups is 1. The Morgan fingerprint density at radius 3 is 2.81 bits per heavy atom. The minimum absolute atomic E-state index is 0.720. The zero-order chi connectivity index (χ0) is 18.2. The van der Waals surface area contributed by atoms with Crippen LogP contribution in [0.25, 0.3) is 10.9 Å². The van der Waals surface area contributed by atoms with E-state index in [2.05, 4.69) is 56.7 Å². The number of fused-ring (bicyclic) bond motifs is 1. The summed E-state index contributed by atoms with van der Waals surface area (Å²) in [5.41, 5.74) is 2.24. The molecule has 140 valence electrons. The van der Waals surface area contributed by atoms with Crippen LogP contribution in [-0.4, -0.2) is 49.1 Å². The van der Waals surface area contributed by atoms with Gasteiger partial charge < -0.3 is 15.5 Å². The van der Waals surface area contributed by atoms with Gasteiger partial charge in [-0.1, -0.05) is 31.2 Å². The zero-order valence-electron chi connectivity index (χ0n) is 16.0. The zero-order valence-corrected chi connectivity index (χ0v) is 16.0. The van der Waals surface area contributed by atoms with E-state index in [1.54, 1.807) is 0 Å². The standard InChI is InChI=1S/C21H31N5/c1-17-9-14-26(15-10-17)13-5-12-24-21(22-2)25-16-19-7-3-6-18-8-4-11-23-20(18)19/h3-4,6-8,11,17H,5,9-10,12-16H2,1-2H3,(H2,22,24,25). The summed E-state index contributed by atoms with van der Waals surface area (Å²) in [7, 11) is 1.82. The van der Waals surface area contributed by atoms with Gasteiger partial charge in [0.2, 0.25) is 0 Å². The summed E-state index contributed by atoms with van der Waals surface area (Å²) < 4.78 is 0. The maximum atomic E-state index is 4.51. The van der Waals surface area contributed by atoms with E-state index in [0.717, 1.165) is 36.9 Å². The Morgan fingerprint density at radius 2 is 2.00 bits per heavy atom. The highest BCUT2D eigenvalue weighted by atomic mass is 15.2. The largest absolute Gasteiger partial charge is 0.356 e. The fourth-order valence-electron chi connectivity index (χ4n) is 3.50. The van der Waals surface area contributed by atoms with Gasteiger partial charge in [-0.3, -0.25) is 9.98 Å². The van der Waals surface area contributed by atoms with Crippen molar-refractivity contribution in [3.63, 3.8) is 0 Å². The lowest BCUT2D eigenvalue weighted by Crippen LogP contribution is -2.39. The number of nitrogens with zero attached hydrogens (tertiary/aromatic N) is 3. The van der Waals surface area contributed by atoms with Gasteiger partial charge in [-0.05, 0) is 56.4 Å². The molecule has 0 unspecified atom stereocenters. The molecule has 5 nitrogen and oxygen atoms in total. The van der Waals surface area contributed by atoms with Crippen LogP contribution in [0.15, 0.2) is 41.5 Å². The number of rotatable bonds is 6. The van der Waals surface area contributed by atoms with Crippen molar-refractivity contribution in [2.24, 2.45) is 10.9 Å². The second-order valence-electron chi connectivity index (χ2n) is 7.22. The number of guanidine groups is 1. The smallest absolute Gasteiger partial charge is 0.191 e. The van der Waals surface area contributed by atoms with Gasteiger partial charge in [-0.2, -0.15) is 0 Å². The van der Waals surface area contributed by atoms with Crippen LogP contribution < -0.4 is 10.6 Å². The quantitative estimate of drug-likeness (QED) is 0.476. The van der Waals surface area contributed by atoms with E-state index >= 15 is 0 Å². The molecule has 0 bridgehead atoms. The van der Waals surface area contributed by atoms with Crippen LogP contribution in [0.1, 0.15) is 31.7 Å². The summed E-state index contributed by atoms with van der Waals surface area (Å²) in [6, 6.07) is 10.4. The number of hydrogen-bond acceptors (Lipinski definition) is 3. The minimum atomic E-state index is 0.720. The Kier molecular flexibility index (Phi) is 6.83. The van der Waals surface area contributed by atoms with Gasteiger partial charge in [0.1, 0.15) is 0 Å². The lowest BCUT2D eigenvalue weighted by atomic mass is 9.99. The van der Waals surface area contributed by atoms with Crippen LogP contribution in [0.3, 0.4) is 0 Å². The summed E-state index contributed by atoms with van der Waals surface area (Å²) in [6.45, 7) is 7.70. The monoisotopic (exact) mass is 353 g/mol. The second-order valence-corrected chi connectivity index (χ2v) is 7.22. The maximum absolute atomic E-state index is 4.51. The Morgan fingerprint density at radius 1 is 1.19 bits per heavy atom. The summed E-state index contributed by atoms with van der Waals surface area (Å²) in [4.78, 5) is 11.4. The molecule has 1 aromatic heterocycles. The van der Waals surface area contributed by atoms with E-state index in [0.29, 0.717) is 0 Å². The highest BCUT2D eigenvalue weighted by Gasteiger charge is 2.14. The van der Waals surface area contributed by atoms with Gasteiger partial charge in [-0.25, -0.2) is 0 Å². The number of pyridine rings is 1. The molecule has 0 aliphatic carbocycles. The van der Waals surface area contributed by atoms with Crippen molar-refractivity contribution in [3.8, 4) is 0 Å². The predicted octanol–water partition coefficient (Wildman–Crippen LogP) is 3.02. The van der Waals surface area contributed by atoms with Crippen LogP contribution in [0.4, 0.5) is 0 Å². The lowest BCUT2D eigenvalue weighted by Gasteiger charge is -2.30. The van der Waals surface area contributed by atoms with Crippen LogP contribution >= 0.6 is 0 Å². The van der Waals surface area contributed by atoms with Crippen molar-refractivity contribution in [3.05, 3.63) is 42.1 Å². The topological polar surface area (TPSA) is 52.6 Å². The van der Waals surface area contributed by atoms with Crippen molar-refractivity contribution < 1.29 is 0 Å². The molecule has 0 radical (unpaired) electrons. The van der Waals surface area contributed by atoms with Gasteiger partial charge in [-0.15, -0.1) is 0 Å². The molecule has 2 N–H and O–H groups in total. The average molecular weight is 354 g/mol. The van der Waals surface area contributed by atoms with Crippen molar-refractivity contribution in [2.75, 3.05) is 33.2 Å². The highest BCUT2D eigenvalue weighted by Crippen LogP contribution is 2.16. The van der Waals surface area contributed by atoms with Gasteiger partial charge in [0.15, 0.2) is 5.96 Å². The number of aromatic nitrogens is 1. The Balaban J connectivity index is 1.42. The molecule has 1 saturated heterocycles. The number of nitrogens with one attached hydrogen (secondary N) is 2. The molecule has 1 aliphatic rings. The van der Waals surface area contributed by atoms with Crippen molar-refractivity contribution in [1.29, 1.82) is 0 Å². The first-order chi connectivity index (χ1) is 12.8. The predicted molar refractivity (Wildman–Crippen MR) is 109 cm³/mol. The molecule has 3 rings (SSSR count). The molecular formula is C21H31N5. The molecule has 0 saturated carbocycles. The van der Waals surface area contributed by atoms with Crippen LogP contribution in [0.2, 0.25) is 0 Å². The number of likely N-dealkylation sites (tertiary alicyclic amines) is 1. The molecule has 1 fully saturated rings. The third-order valence-corrected chi connectivity index (χ3v) is 5.21. The van der Waals surface area contributed by atoms with Gasteiger partial charge in [0.25, 0.3) is 0 Å². The van der Waals surface area contributed by atoms with Crippen LogP contribution in [0.5, 0.6) is 0 Å². The fraction of sp³-hybridized carbons (Fsp3) is 0.524. The first-order valence-corrected chi connectivity index (χ1v) is 9.76. The molecule has 0 amide bonds. The fourth-order valence-corrected chi connectivity index (χ4v) is 3.50. The molecule has 26 heavy (non-hydrogen) atoms. The Hall–Kier alpha value is -2.14. The van der Waals surface area contributed by atoms with E-state index in [1.165, 1.54) is 43.4 Å². The summed E-state index contributed by atoms with van der Waals surface area (Å²) >= 11 is 0. The first kappa shape index (κ1) is 18.6. The molecule has 2 heterocycles. The molecular weight excluding hydrogens is 322 g/mol. The summed E-state index contributed by atoms with van der Waals surface area (Å²) in [5.74, 6) is 1.75. The van der Waals surface area contributed by atoms with Crippen molar-refractivity contribution >= 4 is 16.9 Å². The molecule has 0 atom stereocenters. The third-order valence-electron chi connectivity index (χ3n) is 5.21. The van der Waals surface area contributed by atoms with Crippen molar-refractivity contribution in [1.82, 2.24) is 20.5 Å². The summed E-state index contributed by atoms with van der Waals surface area (Å²) in [6.07, 6.45) is 5.68. The van der Waals surface area contributed by atoms with Crippen molar-refractivity contribution in [2.45, 2.75) is 32.7 Å². The second kappa shape index (κ2) is 9.53. The normalized spacial score (nSPS) is 16.8. The summed E-state index contributed by atoms with van der Waals surface area (Å²) in [5, 5.41) is 8.01. The Labute approximate surface area is 156 Å². The van der Waals surface area contributed by atoms with Gasteiger partial charge >= 0.3 is 0 Å². The van der Waals surface area contributed by atoms with E-state index in [1.807, 2.05) is 19.3 Å². The van der Waals surface area contributed by atoms with E-state index in [4.69, 9.17) is 0 Å². The molecule has 2 aromatic rings. The highest BCUT2D eigenvalue weighted by molar-refractivity contribution is 5.83. The number of hydrogen-bond donors (Lipinski definition) is 2. The van der Waals surface area contributed by atoms with Gasteiger partial charge in [0, 0.05) is 31.7 Å². The number of para-hydroxylation sites is 1. The van der Waals surface area contributed by atoms with E-state index in [-0.39, 0.29) is 0 Å². The molecule has 0 spiro atoms. The first-order valence-electron chi connectivity index (χ1n) is 9.76. The minimum Gasteiger partial charge on any atom is -0.356 e. The Bertz CT molecular complexity index is 714. The number of benzene rings is 1. The van der Waals surface area contributed by atoms with Crippen LogP contribution in [-0.2, 0) is 6.54 Å². The molecule has 1 aromatic carbocycles. The maximum Gasteiger partial charge on any atom is 0.191 e. The number of piperidine rings is 1. The van der Waals surface area contributed by atoms with E-state index in [9.17, 15) is 0 Å². The average Bonchev–Trinajstić information content (AvgIpc) is 2.69. The third kappa shape index (κ3) is 5.18. The molecule has 1 aliphatic heterocycles. The van der Waals surface area contributed by atoms with E-state index < -0.39 is 0 Å².